The van der Waals surface area contributed by atoms with Crippen molar-refractivity contribution in [3.8, 4) is 5.75 Å². The van der Waals surface area contributed by atoms with Crippen molar-refractivity contribution < 1.29 is 13.2 Å². The second-order valence-electron chi connectivity index (χ2n) is 5.16. The lowest BCUT2D eigenvalue weighted by Crippen LogP contribution is -2.25. The maximum atomic E-state index is 12.4. The summed E-state index contributed by atoms with van der Waals surface area (Å²) < 4.78 is 32.4. The Bertz CT molecular complexity index is 769. The molecule has 0 saturated heterocycles. The predicted octanol–water partition coefficient (Wildman–Crippen LogP) is 1.94. The standard InChI is InChI=1S/C14H17N3O3S2/c1-17-8-7-12-13(9-17)21-14(15-12)16-22(18,19)11-5-3-10(20-2)4-6-11/h3-6H,7-9H2,1-2H3,(H,15,16). The molecule has 0 spiro atoms. The number of hydrogen-bond donors (Lipinski definition) is 1. The average molecular weight is 339 g/mol. The lowest BCUT2D eigenvalue weighted by Gasteiger charge is -2.20. The third-order valence-corrected chi connectivity index (χ3v) is 6.00. The van der Waals surface area contributed by atoms with E-state index in [9.17, 15) is 8.42 Å². The number of sulfonamides is 1. The van der Waals surface area contributed by atoms with Crippen molar-refractivity contribution >= 4 is 26.5 Å². The number of nitrogens with one attached hydrogen (secondary N) is 1. The van der Waals surface area contributed by atoms with Gasteiger partial charge in [0.25, 0.3) is 10.0 Å². The molecule has 0 fully saturated rings. The number of methoxy groups -OCH3 is 1. The number of hydrogen-bond acceptors (Lipinski definition) is 6. The van der Waals surface area contributed by atoms with Gasteiger partial charge in [0.05, 0.1) is 17.7 Å². The summed E-state index contributed by atoms with van der Waals surface area (Å²) in [5.74, 6) is 0.617. The molecule has 1 aromatic carbocycles. The van der Waals surface area contributed by atoms with E-state index in [1.165, 1.54) is 23.5 Å². The lowest BCUT2D eigenvalue weighted by atomic mass is 10.2. The van der Waals surface area contributed by atoms with Crippen molar-refractivity contribution in [2.75, 3.05) is 25.4 Å². The van der Waals surface area contributed by atoms with Crippen LogP contribution in [0.4, 0.5) is 5.13 Å². The van der Waals surface area contributed by atoms with E-state index in [4.69, 9.17) is 4.74 Å². The van der Waals surface area contributed by atoms with Crippen molar-refractivity contribution in [1.82, 2.24) is 9.88 Å². The van der Waals surface area contributed by atoms with Gasteiger partial charge in [-0.3, -0.25) is 4.72 Å². The first kappa shape index (κ1) is 15.3. The summed E-state index contributed by atoms with van der Waals surface area (Å²) in [6, 6.07) is 6.28. The Labute approximate surface area is 133 Å². The molecule has 1 aliphatic heterocycles. The van der Waals surface area contributed by atoms with Crippen molar-refractivity contribution in [1.29, 1.82) is 0 Å². The van der Waals surface area contributed by atoms with Crippen molar-refractivity contribution in [3.05, 3.63) is 34.8 Å². The Morgan fingerprint density at radius 1 is 1.32 bits per heavy atom. The second kappa shape index (κ2) is 5.86. The van der Waals surface area contributed by atoms with Crippen LogP contribution >= 0.6 is 11.3 Å². The van der Waals surface area contributed by atoms with Crippen LogP contribution in [0.2, 0.25) is 0 Å². The van der Waals surface area contributed by atoms with E-state index in [0.717, 1.165) is 30.1 Å². The zero-order chi connectivity index (χ0) is 15.7. The molecule has 1 aliphatic rings. The summed E-state index contributed by atoms with van der Waals surface area (Å²) in [5.41, 5.74) is 0.996. The van der Waals surface area contributed by atoms with Gasteiger partial charge in [0, 0.05) is 24.4 Å². The molecule has 0 saturated carbocycles. The zero-order valence-electron chi connectivity index (χ0n) is 12.4. The molecular weight excluding hydrogens is 322 g/mol. The second-order valence-corrected chi connectivity index (χ2v) is 7.92. The number of benzene rings is 1. The molecule has 2 heterocycles. The van der Waals surface area contributed by atoms with Crippen LogP contribution in [0.3, 0.4) is 0 Å². The van der Waals surface area contributed by atoms with Gasteiger partial charge in [-0.15, -0.1) is 0 Å². The molecule has 0 atom stereocenters. The molecule has 0 unspecified atom stereocenters. The highest BCUT2D eigenvalue weighted by atomic mass is 32.2. The van der Waals surface area contributed by atoms with Gasteiger partial charge in [-0.2, -0.15) is 0 Å². The van der Waals surface area contributed by atoms with Gasteiger partial charge < -0.3 is 9.64 Å². The van der Waals surface area contributed by atoms with E-state index in [2.05, 4.69) is 14.6 Å². The number of thiazole rings is 1. The highest BCUT2D eigenvalue weighted by molar-refractivity contribution is 7.93. The fourth-order valence-electron chi connectivity index (χ4n) is 2.30. The molecule has 8 heteroatoms. The van der Waals surface area contributed by atoms with E-state index in [0.29, 0.717) is 10.9 Å². The molecule has 1 N–H and O–H groups in total. The molecule has 2 aromatic rings. The highest BCUT2D eigenvalue weighted by Crippen LogP contribution is 2.29. The SMILES string of the molecule is COc1ccc(S(=O)(=O)Nc2nc3c(s2)CN(C)CC3)cc1. The van der Waals surface area contributed by atoms with Gasteiger partial charge in [-0.25, -0.2) is 13.4 Å². The number of anilines is 1. The average Bonchev–Trinajstić information content (AvgIpc) is 2.87. The van der Waals surface area contributed by atoms with E-state index in [-0.39, 0.29) is 4.90 Å². The third kappa shape index (κ3) is 3.08. The minimum Gasteiger partial charge on any atom is -0.497 e. The summed E-state index contributed by atoms with van der Waals surface area (Å²) in [6.45, 7) is 1.76. The first-order valence-corrected chi connectivity index (χ1v) is 9.12. The van der Waals surface area contributed by atoms with Crippen LogP contribution in [-0.2, 0) is 23.0 Å². The van der Waals surface area contributed by atoms with Crippen LogP contribution in [-0.4, -0.2) is 39.0 Å². The maximum Gasteiger partial charge on any atom is 0.263 e. The summed E-state index contributed by atoms with van der Waals surface area (Å²) in [4.78, 5) is 7.92. The number of aromatic nitrogens is 1. The molecule has 0 radical (unpaired) electrons. The normalized spacial score (nSPS) is 15.4. The van der Waals surface area contributed by atoms with Crippen molar-refractivity contribution in [2.45, 2.75) is 17.9 Å². The summed E-state index contributed by atoms with van der Waals surface area (Å²) in [6.07, 6.45) is 0.854. The Hall–Kier alpha value is -1.64. The van der Waals surface area contributed by atoms with Gasteiger partial charge in [0.2, 0.25) is 0 Å². The molecule has 6 nitrogen and oxygen atoms in total. The van der Waals surface area contributed by atoms with E-state index < -0.39 is 10.0 Å². The molecule has 0 aliphatic carbocycles. The highest BCUT2D eigenvalue weighted by Gasteiger charge is 2.21. The van der Waals surface area contributed by atoms with Crippen LogP contribution in [0.25, 0.3) is 0 Å². The molecule has 0 amide bonds. The number of fused-ring (bicyclic) bond motifs is 1. The van der Waals surface area contributed by atoms with Crippen LogP contribution in [0.1, 0.15) is 10.6 Å². The van der Waals surface area contributed by atoms with Crippen LogP contribution in [0.15, 0.2) is 29.2 Å². The minimum atomic E-state index is -3.62. The van der Waals surface area contributed by atoms with Gasteiger partial charge in [0.1, 0.15) is 5.75 Å². The predicted molar refractivity (Wildman–Crippen MR) is 86.0 cm³/mol. The fourth-order valence-corrected chi connectivity index (χ4v) is 4.62. The van der Waals surface area contributed by atoms with E-state index >= 15 is 0 Å². The monoisotopic (exact) mass is 339 g/mol. The number of ether oxygens (including phenoxy) is 1. The Balaban J connectivity index is 1.82. The molecule has 1 aromatic heterocycles. The van der Waals surface area contributed by atoms with Gasteiger partial charge >= 0.3 is 0 Å². The summed E-state index contributed by atoms with van der Waals surface area (Å²) >= 11 is 1.40. The van der Waals surface area contributed by atoms with Crippen LogP contribution in [0, 0.1) is 0 Å². The Morgan fingerprint density at radius 2 is 2.05 bits per heavy atom. The zero-order valence-corrected chi connectivity index (χ0v) is 14.0. The van der Waals surface area contributed by atoms with Crippen LogP contribution in [0.5, 0.6) is 5.75 Å². The number of rotatable bonds is 4. The molecule has 22 heavy (non-hydrogen) atoms. The van der Waals surface area contributed by atoms with E-state index in [1.54, 1.807) is 19.2 Å². The largest absolute Gasteiger partial charge is 0.497 e. The first-order valence-electron chi connectivity index (χ1n) is 6.82. The van der Waals surface area contributed by atoms with E-state index in [1.807, 2.05) is 7.05 Å². The molecule has 118 valence electrons. The lowest BCUT2D eigenvalue weighted by molar-refractivity contribution is 0.314. The van der Waals surface area contributed by atoms with Crippen molar-refractivity contribution in [2.24, 2.45) is 0 Å². The number of likely N-dealkylation sites (N-methyl/N-ethyl adjacent to an activating group) is 1. The first-order chi connectivity index (χ1) is 10.5. The van der Waals surface area contributed by atoms with Gasteiger partial charge in [-0.05, 0) is 31.3 Å². The summed E-state index contributed by atoms with van der Waals surface area (Å²) in [5, 5.41) is 0.427. The smallest absolute Gasteiger partial charge is 0.263 e. The summed E-state index contributed by atoms with van der Waals surface area (Å²) in [7, 11) is -0.0365. The van der Waals surface area contributed by atoms with Gasteiger partial charge in [0.15, 0.2) is 5.13 Å². The van der Waals surface area contributed by atoms with Crippen LogP contribution < -0.4 is 9.46 Å². The van der Waals surface area contributed by atoms with Gasteiger partial charge in [-0.1, -0.05) is 11.3 Å². The molecular formula is C14H17N3O3S2. The van der Waals surface area contributed by atoms with Crippen molar-refractivity contribution in [3.63, 3.8) is 0 Å². The quantitative estimate of drug-likeness (QED) is 0.922. The number of nitrogens with zero attached hydrogens (tertiary/aromatic N) is 2. The maximum absolute atomic E-state index is 12.4. The fraction of sp³-hybridized carbons (Fsp3) is 0.357. The Kier molecular flexibility index (Phi) is 4.07. The molecule has 0 bridgehead atoms. The molecule has 3 rings (SSSR count). The Morgan fingerprint density at radius 3 is 2.73 bits per heavy atom. The minimum absolute atomic E-state index is 0.193. The topological polar surface area (TPSA) is 71.5 Å². The third-order valence-electron chi connectivity index (χ3n) is 3.51.